The molecule has 0 aliphatic heterocycles. The molecule has 3 aromatic carbocycles. The fourth-order valence-electron chi connectivity index (χ4n) is 2.64. The Kier molecular flexibility index (Phi) is 7.69. The number of carbonyl (C=O) groups is 1. The van der Waals surface area contributed by atoms with E-state index < -0.39 is 10.8 Å². The second-order valence-electron chi connectivity index (χ2n) is 6.34. The van der Waals surface area contributed by atoms with Crippen molar-refractivity contribution in [2.24, 2.45) is 5.10 Å². The van der Waals surface area contributed by atoms with Crippen LogP contribution in [-0.4, -0.2) is 31.3 Å². The Balaban J connectivity index is 1.74. The SMILES string of the molecule is COc1cc(OC)cc(C(=O)NN=Cc2ccc(Sc3ccc(Cl)cc3)c([N+](=O)[O-])c2)c1. The molecule has 32 heavy (non-hydrogen) atoms. The first-order valence-corrected chi connectivity index (χ1v) is 10.4. The highest BCUT2D eigenvalue weighted by Gasteiger charge is 2.16. The number of nitrogens with one attached hydrogen (secondary N) is 1. The van der Waals surface area contributed by atoms with Gasteiger partial charge in [0.1, 0.15) is 11.5 Å². The number of hydrazone groups is 1. The second kappa shape index (κ2) is 10.7. The zero-order valence-corrected chi connectivity index (χ0v) is 18.6. The Labute approximate surface area is 193 Å². The fraction of sp³-hybridized carbons (Fsp3) is 0.0909. The summed E-state index contributed by atoms with van der Waals surface area (Å²) in [5.74, 6) is 0.439. The molecule has 0 radical (unpaired) electrons. The normalized spacial score (nSPS) is 10.7. The summed E-state index contributed by atoms with van der Waals surface area (Å²) in [6, 6.07) is 16.4. The number of carbonyl (C=O) groups excluding carboxylic acids is 1. The molecule has 0 aliphatic rings. The summed E-state index contributed by atoms with van der Waals surface area (Å²) in [4.78, 5) is 24.7. The highest BCUT2D eigenvalue weighted by atomic mass is 35.5. The van der Waals surface area contributed by atoms with Gasteiger partial charge in [0.05, 0.1) is 30.3 Å². The summed E-state index contributed by atoms with van der Waals surface area (Å²) in [6.45, 7) is 0. The van der Waals surface area contributed by atoms with Crippen molar-refractivity contribution in [2.45, 2.75) is 9.79 Å². The minimum absolute atomic E-state index is 0.0715. The van der Waals surface area contributed by atoms with Crippen LogP contribution in [0, 0.1) is 10.1 Å². The van der Waals surface area contributed by atoms with Crippen LogP contribution in [0.1, 0.15) is 15.9 Å². The van der Waals surface area contributed by atoms with Gasteiger partial charge in [-0.05, 0) is 42.5 Å². The van der Waals surface area contributed by atoms with E-state index >= 15 is 0 Å². The molecule has 3 aromatic rings. The molecule has 0 aromatic heterocycles. The van der Waals surface area contributed by atoms with Crippen LogP contribution in [0.15, 0.2) is 75.6 Å². The van der Waals surface area contributed by atoms with Crippen molar-refractivity contribution < 1.29 is 19.2 Å². The van der Waals surface area contributed by atoms with Crippen molar-refractivity contribution >= 4 is 41.2 Å². The monoisotopic (exact) mass is 471 g/mol. The van der Waals surface area contributed by atoms with Gasteiger partial charge in [-0.1, -0.05) is 29.4 Å². The lowest BCUT2D eigenvalue weighted by Crippen LogP contribution is -2.17. The quantitative estimate of drug-likeness (QED) is 0.276. The standard InChI is InChI=1S/C22H18ClN3O5S/c1-30-17-10-15(11-18(12-17)31-2)22(27)25-24-13-14-3-8-21(20(9-14)26(28)29)32-19-6-4-16(23)5-7-19/h3-13H,1-2H3,(H,25,27). The van der Waals surface area contributed by atoms with E-state index in [2.05, 4.69) is 10.5 Å². The number of nitro benzene ring substituents is 1. The number of methoxy groups -OCH3 is 2. The molecule has 0 unspecified atom stereocenters. The summed E-state index contributed by atoms with van der Waals surface area (Å²) in [6.07, 6.45) is 1.33. The second-order valence-corrected chi connectivity index (χ2v) is 7.89. The van der Waals surface area contributed by atoms with Gasteiger partial charge in [0.15, 0.2) is 0 Å². The van der Waals surface area contributed by atoms with E-state index in [1.807, 2.05) is 0 Å². The van der Waals surface area contributed by atoms with Gasteiger partial charge >= 0.3 is 0 Å². The third-order valence-electron chi connectivity index (χ3n) is 4.21. The molecule has 0 spiro atoms. The van der Waals surface area contributed by atoms with Crippen LogP contribution in [0.3, 0.4) is 0 Å². The summed E-state index contributed by atoms with van der Waals surface area (Å²) >= 11 is 7.14. The molecule has 1 N–H and O–H groups in total. The Morgan fingerprint density at radius 2 is 1.72 bits per heavy atom. The maximum atomic E-state index is 12.4. The predicted octanol–water partition coefficient (Wildman–Crippen LogP) is 5.18. The summed E-state index contributed by atoms with van der Waals surface area (Å²) in [7, 11) is 2.97. The number of nitrogens with zero attached hydrogens (tertiary/aromatic N) is 2. The van der Waals surface area contributed by atoms with E-state index in [0.717, 1.165) is 4.90 Å². The van der Waals surface area contributed by atoms with Gasteiger partial charge in [0.2, 0.25) is 0 Å². The van der Waals surface area contributed by atoms with Crippen LogP contribution in [-0.2, 0) is 0 Å². The van der Waals surface area contributed by atoms with Crippen LogP contribution < -0.4 is 14.9 Å². The number of hydrogen-bond donors (Lipinski definition) is 1. The first-order chi connectivity index (χ1) is 15.4. The molecule has 8 nitrogen and oxygen atoms in total. The average molecular weight is 472 g/mol. The van der Waals surface area contributed by atoms with Crippen LogP contribution >= 0.6 is 23.4 Å². The maximum Gasteiger partial charge on any atom is 0.283 e. The Morgan fingerprint density at radius 3 is 2.31 bits per heavy atom. The summed E-state index contributed by atoms with van der Waals surface area (Å²) in [5, 5.41) is 16.0. The molecule has 164 valence electrons. The van der Waals surface area contributed by atoms with E-state index in [1.165, 1.54) is 38.3 Å². The van der Waals surface area contributed by atoms with E-state index in [1.54, 1.807) is 54.6 Å². The predicted molar refractivity (Wildman–Crippen MR) is 123 cm³/mol. The average Bonchev–Trinajstić information content (AvgIpc) is 2.80. The molecular weight excluding hydrogens is 454 g/mol. The minimum atomic E-state index is -0.483. The van der Waals surface area contributed by atoms with E-state index in [9.17, 15) is 14.9 Å². The van der Waals surface area contributed by atoms with Crippen molar-refractivity contribution in [3.8, 4) is 11.5 Å². The number of ether oxygens (including phenoxy) is 2. The van der Waals surface area contributed by atoms with E-state index in [4.69, 9.17) is 21.1 Å². The van der Waals surface area contributed by atoms with Crippen molar-refractivity contribution in [3.05, 3.63) is 86.9 Å². The first-order valence-electron chi connectivity index (χ1n) is 9.18. The molecule has 0 saturated heterocycles. The van der Waals surface area contributed by atoms with Gasteiger partial charge in [0, 0.05) is 33.2 Å². The molecule has 1 amide bonds. The highest BCUT2D eigenvalue weighted by molar-refractivity contribution is 7.99. The third kappa shape index (κ3) is 5.99. The highest BCUT2D eigenvalue weighted by Crippen LogP contribution is 2.35. The molecule has 0 heterocycles. The number of benzene rings is 3. The molecule has 0 fully saturated rings. The summed E-state index contributed by atoms with van der Waals surface area (Å²) in [5.41, 5.74) is 3.07. The molecular formula is C22H18ClN3O5S. The topological polar surface area (TPSA) is 103 Å². The van der Waals surface area contributed by atoms with Crippen LogP contribution in [0.4, 0.5) is 5.69 Å². The van der Waals surface area contributed by atoms with Crippen LogP contribution in [0.2, 0.25) is 5.02 Å². The lowest BCUT2D eigenvalue weighted by Gasteiger charge is -2.07. The van der Waals surface area contributed by atoms with Gasteiger partial charge in [-0.3, -0.25) is 14.9 Å². The van der Waals surface area contributed by atoms with Crippen LogP contribution in [0.25, 0.3) is 0 Å². The van der Waals surface area contributed by atoms with Crippen molar-refractivity contribution in [2.75, 3.05) is 14.2 Å². The first kappa shape index (κ1) is 23.1. The Hall–Kier alpha value is -3.56. The number of halogens is 1. The molecule has 3 rings (SSSR count). The van der Waals surface area contributed by atoms with Crippen molar-refractivity contribution in [1.29, 1.82) is 0 Å². The minimum Gasteiger partial charge on any atom is -0.497 e. The molecule has 0 bridgehead atoms. The molecule has 10 heteroatoms. The number of rotatable bonds is 8. The Bertz CT molecular complexity index is 1150. The van der Waals surface area contributed by atoms with E-state index in [-0.39, 0.29) is 5.69 Å². The number of amides is 1. The lowest BCUT2D eigenvalue weighted by atomic mass is 10.2. The molecule has 0 atom stereocenters. The largest absolute Gasteiger partial charge is 0.497 e. The van der Waals surface area contributed by atoms with E-state index in [0.29, 0.717) is 32.5 Å². The van der Waals surface area contributed by atoms with Gasteiger partial charge in [0.25, 0.3) is 11.6 Å². The lowest BCUT2D eigenvalue weighted by molar-refractivity contribution is -0.387. The maximum absolute atomic E-state index is 12.4. The van der Waals surface area contributed by atoms with Gasteiger partial charge in [-0.25, -0.2) is 5.43 Å². The van der Waals surface area contributed by atoms with Crippen LogP contribution in [0.5, 0.6) is 11.5 Å². The van der Waals surface area contributed by atoms with Gasteiger partial charge < -0.3 is 9.47 Å². The van der Waals surface area contributed by atoms with Crippen molar-refractivity contribution in [1.82, 2.24) is 5.43 Å². The zero-order chi connectivity index (χ0) is 23.1. The van der Waals surface area contributed by atoms with Gasteiger partial charge in [-0.15, -0.1) is 0 Å². The Morgan fingerprint density at radius 1 is 1.06 bits per heavy atom. The summed E-state index contributed by atoms with van der Waals surface area (Å²) < 4.78 is 10.3. The van der Waals surface area contributed by atoms with Crippen molar-refractivity contribution in [3.63, 3.8) is 0 Å². The zero-order valence-electron chi connectivity index (χ0n) is 17.1. The fourth-order valence-corrected chi connectivity index (χ4v) is 3.67. The smallest absolute Gasteiger partial charge is 0.283 e. The molecule has 0 saturated carbocycles. The number of hydrogen-bond acceptors (Lipinski definition) is 7. The number of nitro groups is 1. The third-order valence-corrected chi connectivity index (χ3v) is 5.54. The van der Waals surface area contributed by atoms with Gasteiger partial charge in [-0.2, -0.15) is 5.10 Å². The molecule has 0 aliphatic carbocycles.